The number of imidazole rings is 1. The summed E-state index contributed by atoms with van der Waals surface area (Å²) in [6, 6.07) is 10.0. The number of H-pyrrole nitrogens is 1. The number of nitrogens with one attached hydrogen (secondary N) is 2. The molecule has 1 atom stereocenters. The molecular formula is C17H18N6O. The van der Waals surface area contributed by atoms with Gasteiger partial charge in [-0.3, -0.25) is 4.79 Å². The predicted molar refractivity (Wildman–Crippen MR) is 90.4 cm³/mol. The molecule has 0 spiro atoms. The Morgan fingerprint density at radius 3 is 3.00 bits per heavy atom. The van der Waals surface area contributed by atoms with Crippen molar-refractivity contribution in [2.75, 3.05) is 18.4 Å². The number of benzene rings is 1. The number of carbonyl (C=O) groups excluding carboxylic acids is 1. The van der Waals surface area contributed by atoms with E-state index in [9.17, 15) is 4.79 Å². The average molecular weight is 322 g/mol. The SMILES string of the molecule is O=C(Cc1ccccc1)N1CCC(Nc2ncnc3nc[nH]c23)C1. The number of carbonyl (C=O) groups is 1. The fraction of sp³-hybridized carbons (Fsp3) is 0.294. The number of anilines is 1. The third-order valence-corrected chi connectivity index (χ3v) is 4.30. The lowest BCUT2D eigenvalue weighted by Gasteiger charge is -2.17. The number of hydrogen-bond acceptors (Lipinski definition) is 5. The Balaban J connectivity index is 1.39. The minimum absolute atomic E-state index is 0.167. The van der Waals surface area contributed by atoms with Crippen molar-refractivity contribution in [2.45, 2.75) is 18.9 Å². The van der Waals surface area contributed by atoms with Crippen LogP contribution in [0, 0.1) is 0 Å². The minimum Gasteiger partial charge on any atom is -0.364 e. The molecule has 1 saturated heterocycles. The molecule has 122 valence electrons. The molecule has 1 aliphatic heterocycles. The van der Waals surface area contributed by atoms with Crippen LogP contribution in [0.4, 0.5) is 5.82 Å². The quantitative estimate of drug-likeness (QED) is 0.762. The first kappa shape index (κ1) is 14.6. The lowest BCUT2D eigenvalue weighted by Crippen LogP contribution is -2.32. The van der Waals surface area contributed by atoms with Crippen LogP contribution in [0.5, 0.6) is 0 Å². The maximum atomic E-state index is 12.4. The average Bonchev–Trinajstić information content (AvgIpc) is 3.25. The standard InChI is InChI=1S/C17H18N6O/c24-14(8-12-4-2-1-3-5-12)23-7-6-13(9-23)22-17-15-16(19-10-18-15)20-11-21-17/h1-5,10-11,13H,6-9H2,(H2,18,19,20,21,22). The Morgan fingerprint density at radius 1 is 1.25 bits per heavy atom. The Kier molecular flexibility index (Phi) is 3.82. The smallest absolute Gasteiger partial charge is 0.227 e. The molecule has 24 heavy (non-hydrogen) atoms. The van der Waals surface area contributed by atoms with E-state index in [1.807, 2.05) is 35.2 Å². The van der Waals surface area contributed by atoms with Crippen LogP contribution in [0.3, 0.4) is 0 Å². The van der Waals surface area contributed by atoms with E-state index in [0.29, 0.717) is 18.6 Å². The lowest BCUT2D eigenvalue weighted by molar-refractivity contribution is -0.129. The van der Waals surface area contributed by atoms with Crippen LogP contribution in [-0.2, 0) is 11.2 Å². The van der Waals surface area contributed by atoms with Crippen molar-refractivity contribution in [1.29, 1.82) is 0 Å². The second kappa shape index (κ2) is 6.27. The molecule has 2 aromatic heterocycles. The minimum atomic E-state index is 0.167. The Bertz CT molecular complexity index is 846. The number of amides is 1. The van der Waals surface area contributed by atoms with Crippen molar-refractivity contribution in [3.63, 3.8) is 0 Å². The van der Waals surface area contributed by atoms with Crippen LogP contribution in [0.25, 0.3) is 11.2 Å². The highest BCUT2D eigenvalue weighted by atomic mass is 16.2. The number of likely N-dealkylation sites (tertiary alicyclic amines) is 1. The molecule has 1 amide bonds. The lowest BCUT2D eigenvalue weighted by atomic mass is 10.1. The van der Waals surface area contributed by atoms with E-state index in [1.165, 1.54) is 6.33 Å². The monoisotopic (exact) mass is 322 g/mol. The molecule has 1 aliphatic rings. The van der Waals surface area contributed by atoms with Gasteiger partial charge in [-0.25, -0.2) is 15.0 Å². The molecule has 1 aromatic carbocycles. The summed E-state index contributed by atoms with van der Waals surface area (Å²) >= 11 is 0. The Labute approximate surface area is 139 Å². The maximum absolute atomic E-state index is 12.4. The van der Waals surface area contributed by atoms with Crippen LogP contribution in [-0.4, -0.2) is 49.9 Å². The molecule has 7 nitrogen and oxygen atoms in total. The van der Waals surface area contributed by atoms with E-state index >= 15 is 0 Å². The van der Waals surface area contributed by atoms with Gasteiger partial charge in [-0.2, -0.15) is 0 Å². The molecule has 7 heteroatoms. The summed E-state index contributed by atoms with van der Waals surface area (Å²) in [5.74, 6) is 0.903. The van der Waals surface area contributed by atoms with Crippen LogP contribution in [0.1, 0.15) is 12.0 Å². The third-order valence-electron chi connectivity index (χ3n) is 4.30. The molecule has 0 bridgehead atoms. The van der Waals surface area contributed by atoms with E-state index in [4.69, 9.17) is 0 Å². The second-order valence-electron chi connectivity index (χ2n) is 5.96. The normalized spacial score (nSPS) is 17.3. The number of hydrogen-bond donors (Lipinski definition) is 2. The van der Waals surface area contributed by atoms with Gasteiger partial charge in [0.15, 0.2) is 11.5 Å². The van der Waals surface area contributed by atoms with E-state index < -0.39 is 0 Å². The molecule has 2 N–H and O–H groups in total. The zero-order valence-electron chi connectivity index (χ0n) is 13.1. The van der Waals surface area contributed by atoms with Gasteiger partial charge in [0.1, 0.15) is 11.8 Å². The molecule has 0 aliphatic carbocycles. The fourth-order valence-electron chi connectivity index (χ4n) is 3.05. The summed E-state index contributed by atoms with van der Waals surface area (Å²) in [5, 5.41) is 3.40. The molecule has 4 rings (SSSR count). The Hall–Kier alpha value is -2.96. The van der Waals surface area contributed by atoms with E-state index in [0.717, 1.165) is 29.9 Å². The van der Waals surface area contributed by atoms with Crippen molar-refractivity contribution < 1.29 is 4.79 Å². The van der Waals surface area contributed by atoms with Gasteiger partial charge in [0.25, 0.3) is 0 Å². The topological polar surface area (TPSA) is 86.8 Å². The third kappa shape index (κ3) is 2.92. The van der Waals surface area contributed by atoms with Crippen molar-refractivity contribution in [3.05, 3.63) is 48.5 Å². The fourth-order valence-corrected chi connectivity index (χ4v) is 3.05. The number of aromatic nitrogens is 4. The highest BCUT2D eigenvalue weighted by molar-refractivity contribution is 5.82. The molecular weight excluding hydrogens is 304 g/mol. The highest BCUT2D eigenvalue weighted by Gasteiger charge is 2.26. The van der Waals surface area contributed by atoms with Crippen LogP contribution >= 0.6 is 0 Å². The van der Waals surface area contributed by atoms with Crippen molar-refractivity contribution in [3.8, 4) is 0 Å². The summed E-state index contributed by atoms with van der Waals surface area (Å²) in [4.78, 5) is 29.9. The zero-order chi connectivity index (χ0) is 16.4. The first-order valence-corrected chi connectivity index (χ1v) is 8.02. The number of nitrogens with zero attached hydrogens (tertiary/aromatic N) is 4. The van der Waals surface area contributed by atoms with Crippen molar-refractivity contribution in [1.82, 2.24) is 24.8 Å². The Morgan fingerprint density at radius 2 is 2.12 bits per heavy atom. The molecule has 0 saturated carbocycles. The van der Waals surface area contributed by atoms with E-state index in [1.54, 1.807) is 6.33 Å². The number of fused-ring (bicyclic) bond motifs is 1. The van der Waals surface area contributed by atoms with Gasteiger partial charge in [0.2, 0.25) is 5.91 Å². The summed E-state index contributed by atoms with van der Waals surface area (Å²) in [6.45, 7) is 1.45. The van der Waals surface area contributed by atoms with Gasteiger partial charge in [-0.1, -0.05) is 30.3 Å². The van der Waals surface area contributed by atoms with Crippen molar-refractivity contribution in [2.24, 2.45) is 0 Å². The van der Waals surface area contributed by atoms with E-state index in [-0.39, 0.29) is 11.9 Å². The van der Waals surface area contributed by atoms with Gasteiger partial charge in [-0.15, -0.1) is 0 Å². The van der Waals surface area contributed by atoms with Gasteiger partial charge >= 0.3 is 0 Å². The van der Waals surface area contributed by atoms with Crippen molar-refractivity contribution >= 4 is 22.9 Å². The molecule has 3 heterocycles. The van der Waals surface area contributed by atoms with Gasteiger partial charge in [0.05, 0.1) is 12.7 Å². The molecule has 3 aromatic rings. The summed E-state index contributed by atoms with van der Waals surface area (Å²) in [7, 11) is 0. The van der Waals surface area contributed by atoms with Gasteiger partial charge < -0.3 is 15.2 Å². The largest absolute Gasteiger partial charge is 0.364 e. The van der Waals surface area contributed by atoms with Crippen LogP contribution in [0.2, 0.25) is 0 Å². The highest BCUT2D eigenvalue weighted by Crippen LogP contribution is 2.19. The van der Waals surface area contributed by atoms with Gasteiger partial charge in [-0.05, 0) is 12.0 Å². The van der Waals surface area contributed by atoms with Crippen LogP contribution < -0.4 is 5.32 Å². The second-order valence-corrected chi connectivity index (χ2v) is 5.96. The molecule has 1 fully saturated rings. The van der Waals surface area contributed by atoms with Gasteiger partial charge in [0, 0.05) is 19.1 Å². The summed E-state index contributed by atoms with van der Waals surface area (Å²) < 4.78 is 0. The van der Waals surface area contributed by atoms with E-state index in [2.05, 4.69) is 25.3 Å². The maximum Gasteiger partial charge on any atom is 0.227 e. The predicted octanol–water partition coefficient (Wildman–Crippen LogP) is 1.61. The molecule has 0 radical (unpaired) electrons. The first-order chi connectivity index (χ1) is 11.8. The zero-order valence-corrected chi connectivity index (χ0v) is 13.1. The first-order valence-electron chi connectivity index (χ1n) is 8.02. The summed E-state index contributed by atoms with van der Waals surface area (Å²) in [5.41, 5.74) is 2.49. The number of rotatable bonds is 4. The molecule has 1 unspecified atom stereocenters. The number of aromatic amines is 1. The summed E-state index contributed by atoms with van der Waals surface area (Å²) in [6.07, 6.45) is 4.46. The van der Waals surface area contributed by atoms with Crippen LogP contribution in [0.15, 0.2) is 43.0 Å².